The van der Waals surface area contributed by atoms with Gasteiger partial charge in [0.2, 0.25) is 11.8 Å². The number of carbonyl (C=O) groups is 3. The highest BCUT2D eigenvalue weighted by Crippen LogP contribution is 2.20. The van der Waals surface area contributed by atoms with Crippen LogP contribution in [0.15, 0.2) is 0 Å². The lowest BCUT2D eigenvalue weighted by Gasteiger charge is -2.42. The third-order valence-electron chi connectivity index (χ3n) is 3.79. The van der Waals surface area contributed by atoms with Crippen molar-refractivity contribution in [2.75, 3.05) is 6.61 Å². The van der Waals surface area contributed by atoms with E-state index >= 15 is 0 Å². The molecule has 1 rings (SSSR count). The molecule has 1 aliphatic heterocycles. The number of Topliss-reactive ketones (excluding diaryl/α,β-unsaturated/α-hetero) is 1. The van der Waals surface area contributed by atoms with Crippen LogP contribution in [0.1, 0.15) is 27.2 Å². The van der Waals surface area contributed by atoms with Crippen molar-refractivity contribution in [3.05, 3.63) is 0 Å². The summed E-state index contributed by atoms with van der Waals surface area (Å²) in [6.45, 7) is 3.62. The number of hydrogen-bond donors (Lipinski definition) is 5. The zero-order valence-electron chi connectivity index (χ0n) is 13.4. The quantitative estimate of drug-likeness (QED) is 0.366. The summed E-state index contributed by atoms with van der Waals surface area (Å²) in [7, 11) is 0. The van der Waals surface area contributed by atoms with Crippen molar-refractivity contribution in [2.24, 2.45) is 5.92 Å². The van der Waals surface area contributed by atoms with Gasteiger partial charge in [0.05, 0.1) is 6.61 Å². The van der Waals surface area contributed by atoms with E-state index in [1.54, 1.807) is 6.92 Å². The maximum absolute atomic E-state index is 12.0. The maximum atomic E-state index is 12.0. The van der Waals surface area contributed by atoms with Crippen molar-refractivity contribution >= 4 is 17.6 Å². The van der Waals surface area contributed by atoms with Gasteiger partial charge >= 0.3 is 0 Å². The summed E-state index contributed by atoms with van der Waals surface area (Å²) < 4.78 is 5.35. The van der Waals surface area contributed by atoms with Crippen LogP contribution < -0.4 is 10.6 Å². The van der Waals surface area contributed by atoms with Crippen LogP contribution in [0, 0.1) is 5.92 Å². The van der Waals surface area contributed by atoms with E-state index in [0.29, 0.717) is 0 Å². The molecule has 9 heteroatoms. The fourth-order valence-corrected chi connectivity index (χ4v) is 2.27. The highest BCUT2D eigenvalue weighted by molar-refractivity contribution is 5.85. The number of carbonyl (C=O) groups excluding carboxylic acids is 3. The molecular formula is C14H24N2O7. The van der Waals surface area contributed by atoms with Gasteiger partial charge in [-0.05, 0) is 6.92 Å². The summed E-state index contributed by atoms with van der Waals surface area (Å²) >= 11 is 0. The Kier molecular flexibility index (Phi) is 7.07. The van der Waals surface area contributed by atoms with Crippen LogP contribution in [0.3, 0.4) is 0 Å². The zero-order chi connectivity index (χ0) is 17.7. The Morgan fingerprint density at radius 1 is 1.13 bits per heavy atom. The first-order valence-electron chi connectivity index (χ1n) is 7.36. The van der Waals surface area contributed by atoms with Gasteiger partial charge in [-0.3, -0.25) is 14.4 Å². The smallest absolute Gasteiger partial charge is 0.222 e. The summed E-state index contributed by atoms with van der Waals surface area (Å²) in [5.41, 5.74) is 0. The molecule has 132 valence electrons. The topological polar surface area (TPSA) is 145 Å². The van der Waals surface area contributed by atoms with Crippen LogP contribution in [0.25, 0.3) is 0 Å². The molecule has 1 heterocycles. The second kappa shape index (κ2) is 8.34. The number of rotatable bonds is 6. The second-order valence-electron chi connectivity index (χ2n) is 5.77. The third-order valence-corrected chi connectivity index (χ3v) is 3.79. The monoisotopic (exact) mass is 332 g/mol. The van der Waals surface area contributed by atoms with Crippen molar-refractivity contribution in [2.45, 2.75) is 57.8 Å². The number of hydrogen-bond acceptors (Lipinski definition) is 7. The number of ketones is 1. The fourth-order valence-electron chi connectivity index (χ4n) is 2.27. The summed E-state index contributed by atoms with van der Waals surface area (Å²) in [6.07, 6.45) is -5.17. The molecule has 0 bridgehead atoms. The molecule has 0 saturated carbocycles. The Bertz CT molecular complexity index is 456. The van der Waals surface area contributed by atoms with Crippen molar-refractivity contribution in [3.63, 3.8) is 0 Å². The number of ether oxygens (including phenoxy) is 1. The summed E-state index contributed by atoms with van der Waals surface area (Å²) in [6, 6.07) is -1.08. The average Bonchev–Trinajstić information content (AvgIpc) is 2.46. The standard InChI is InChI=1S/C14H24N2O7/c1-6(7(2)18)4-10(20)16-14-11(15-8(3)19)13(22)12(21)9(5-17)23-14/h6,9,11-14,17,21-22H,4-5H2,1-3H3,(H,15,19)(H,16,20)/t6-,9?,11?,12?,13?,14?/m0/s1. The van der Waals surface area contributed by atoms with Gasteiger partial charge < -0.3 is 30.7 Å². The van der Waals surface area contributed by atoms with Crippen LogP contribution in [-0.2, 0) is 19.1 Å². The molecule has 6 atom stereocenters. The van der Waals surface area contributed by atoms with E-state index in [-0.39, 0.29) is 12.2 Å². The van der Waals surface area contributed by atoms with E-state index in [1.807, 2.05) is 0 Å². The van der Waals surface area contributed by atoms with Gasteiger partial charge in [0.1, 0.15) is 30.1 Å². The van der Waals surface area contributed by atoms with Gasteiger partial charge in [0.15, 0.2) is 6.23 Å². The zero-order valence-corrected chi connectivity index (χ0v) is 13.4. The van der Waals surface area contributed by atoms with Gasteiger partial charge in [-0.15, -0.1) is 0 Å². The van der Waals surface area contributed by atoms with Gasteiger partial charge in [-0.25, -0.2) is 0 Å². The van der Waals surface area contributed by atoms with Gasteiger partial charge in [0.25, 0.3) is 0 Å². The second-order valence-corrected chi connectivity index (χ2v) is 5.77. The van der Waals surface area contributed by atoms with E-state index in [0.717, 1.165) is 0 Å². The molecule has 5 N–H and O–H groups in total. The molecule has 0 aromatic heterocycles. The minimum absolute atomic E-state index is 0.0789. The van der Waals surface area contributed by atoms with Crippen molar-refractivity contribution in [1.82, 2.24) is 10.6 Å². The first kappa shape index (κ1) is 19.5. The number of amides is 2. The molecule has 9 nitrogen and oxygen atoms in total. The Morgan fingerprint density at radius 3 is 2.22 bits per heavy atom. The molecule has 1 aliphatic rings. The summed E-state index contributed by atoms with van der Waals surface area (Å²) in [5, 5.41) is 34.0. The van der Waals surface area contributed by atoms with Crippen molar-refractivity contribution in [3.8, 4) is 0 Å². The molecule has 0 spiro atoms. The Balaban J connectivity index is 2.82. The highest BCUT2D eigenvalue weighted by Gasteiger charge is 2.45. The van der Waals surface area contributed by atoms with Crippen LogP contribution in [0.2, 0.25) is 0 Å². The van der Waals surface area contributed by atoms with Crippen LogP contribution in [-0.4, -0.2) is 70.1 Å². The molecule has 0 aromatic rings. The lowest BCUT2D eigenvalue weighted by molar-refractivity contribution is -0.203. The first-order valence-corrected chi connectivity index (χ1v) is 7.36. The fraction of sp³-hybridized carbons (Fsp3) is 0.786. The molecule has 1 saturated heterocycles. The molecule has 0 aliphatic carbocycles. The Labute approximate surface area is 134 Å². The number of aliphatic hydroxyl groups excluding tert-OH is 3. The minimum atomic E-state index is -1.43. The lowest BCUT2D eigenvalue weighted by Crippen LogP contribution is -2.68. The molecule has 5 unspecified atom stereocenters. The maximum Gasteiger partial charge on any atom is 0.222 e. The van der Waals surface area contributed by atoms with Gasteiger partial charge in [0, 0.05) is 19.3 Å². The Morgan fingerprint density at radius 2 is 1.74 bits per heavy atom. The molecule has 23 heavy (non-hydrogen) atoms. The summed E-state index contributed by atoms with van der Waals surface area (Å²) in [5.74, 6) is -1.62. The van der Waals surface area contributed by atoms with E-state index in [9.17, 15) is 29.7 Å². The predicted molar refractivity (Wildman–Crippen MR) is 78.0 cm³/mol. The van der Waals surface area contributed by atoms with E-state index in [2.05, 4.69) is 10.6 Å². The van der Waals surface area contributed by atoms with Crippen LogP contribution in [0.5, 0.6) is 0 Å². The molecule has 0 aromatic carbocycles. The Hall–Kier alpha value is -1.55. The molecular weight excluding hydrogens is 308 g/mol. The predicted octanol–water partition coefficient (Wildman–Crippen LogP) is -2.34. The van der Waals surface area contributed by atoms with Gasteiger partial charge in [-0.2, -0.15) is 0 Å². The first-order chi connectivity index (χ1) is 10.7. The normalized spacial score (nSPS) is 32.0. The van der Waals surface area contributed by atoms with Crippen molar-refractivity contribution < 1.29 is 34.4 Å². The molecule has 0 radical (unpaired) electrons. The SMILES string of the molecule is CC(=O)NC1C(NC(=O)C[C@H](C)C(C)=O)OC(CO)C(O)C1O. The molecule has 1 fully saturated rings. The van der Waals surface area contributed by atoms with Crippen LogP contribution >= 0.6 is 0 Å². The molecule has 2 amide bonds. The minimum Gasteiger partial charge on any atom is -0.394 e. The highest BCUT2D eigenvalue weighted by atomic mass is 16.5. The van der Waals surface area contributed by atoms with E-state index in [1.165, 1.54) is 13.8 Å². The van der Waals surface area contributed by atoms with E-state index in [4.69, 9.17) is 4.74 Å². The third kappa shape index (κ3) is 5.24. The largest absolute Gasteiger partial charge is 0.394 e. The number of nitrogens with one attached hydrogen (secondary N) is 2. The van der Waals surface area contributed by atoms with Crippen molar-refractivity contribution in [1.29, 1.82) is 0 Å². The lowest BCUT2D eigenvalue weighted by atomic mass is 9.95. The van der Waals surface area contributed by atoms with E-state index < -0.39 is 54.9 Å². The number of aliphatic hydroxyl groups is 3. The summed E-state index contributed by atoms with van der Waals surface area (Å²) in [4.78, 5) is 34.4. The average molecular weight is 332 g/mol. The van der Waals surface area contributed by atoms with Crippen LogP contribution in [0.4, 0.5) is 0 Å². The van der Waals surface area contributed by atoms with Gasteiger partial charge in [-0.1, -0.05) is 6.92 Å².